The number of thioether (sulfide) groups is 1. The Morgan fingerprint density at radius 3 is 2.72 bits per heavy atom. The second kappa shape index (κ2) is 7.16. The Bertz CT molecular complexity index is 458. The SMILES string of the molecule is C/C=C/CCNC(=O)c1c(C)nc(C)nc1SC. The highest BCUT2D eigenvalue weighted by Gasteiger charge is 2.16. The first-order valence-electron chi connectivity index (χ1n) is 5.88. The van der Waals surface area contributed by atoms with E-state index in [9.17, 15) is 4.79 Å². The highest BCUT2D eigenvalue weighted by molar-refractivity contribution is 7.98. The van der Waals surface area contributed by atoms with E-state index in [1.54, 1.807) is 0 Å². The third-order valence-electron chi connectivity index (χ3n) is 2.42. The van der Waals surface area contributed by atoms with Crippen LogP contribution in [-0.4, -0.2) is 28.7 Å². The van der Waals surface area contributed by atoms with Crippen LogP contribution < -0.4 is 5.32 Å². The van der Waals surface area contributed by atoms with Crippen molar-refractivity contribution >= 4 is 17.7 Å². The van der Waals surface area contributed by atoms with Gasteiger partial charge < -0.3 is 5.32 Å². The van der Waals surface area contributed by atoms with Crippen molar-refractivity contribution in [2.75, 3.05) is 12.8 Å². The van der Waals surface area contributed by atoms with E-state index in [1.807, 2.05) is 39.2 Å². The average Bonchev–Trinajstić information content (AvgIpc) is 2.33. The summed E-state index contributed by atoms with van der Waals surface area (Å²) in [5.74, 6) is 0.601. The van der Waals surface area contributed by atoms with Crippen LogP contribution in [0.1, 0.15) is 35.2 Å². The molecule has 0 bridgehead atoms. The molecule has 0 radical (unpaired) electrons. The molecule has 1 N–H and O–H groups in total. The Hall–Kier alpha value is -1.36. The van der Waals surface area contributed by atoms with Crippen LogP contribution in [0, 0.1) is 13.8 Å². The molecule has 1 aromatic heterocycles. The van der Waals surface area contributed by atoms with Gasteiger partial charge in [-0.25, -0.2) is 9.97 Å². The summed E-state index contributed by atoms with van der Waals surface area (Å²) in [4.78, 5) is 20.6. The maximum atomic E-state index is 12.1. The summed E-state index contributed by atoms with van der Waals surface area (Å²) >= 11 is 1.47. The predicted octanol–water partition coefficient (Wildman–Crippen LogP) is 2.51. The molecule has 0 saturated carbocycles. The molecule has 1 aromatic rings. The summed E-state index contributed by atoms with van der Waals surface area (Å²) in [6.45, 7) is 6.27. The first kappa shape index (κ1) is 14.7. The number of amides is 1. The molecule has 0 atom stereocenters. The van der Waals surface area contributed by atoms with E-state index in [4.69, 9.17) is 0 Å². The molecule has 0 spiro atoms. The molecule has 4 nitrogen and oxygen atoms in total. The molecule has 0 aliphatic heterocycles. The van der Waals surface area contributed by atoms with Crippen LogP contribution in [0.15, 0.2) is 17.2 Å². The van der Waals surface area contributed by atoms with Crippen LogP contribution >= 0.6 is 11.8 Å². The van der Waals surface area contributed by atoms with E-state index < -0.39 is 0 Å². The predicted molar refractivity (Wildman–Crippen MR) is 75.1 cm³/mol. The highest BCUT2D eigenvalue weighted by atomic mass is 32.2. The number of carbonyl (C=O) groups is 1. The third-order valence-corrected chi connectivity index (χ3v) is 3.10. The van der Waals surface area contributed by atoms with Crippen molar-refractivity contribution in [3.8, 4) is 0 Å². The largest absolute Gasteiger partial charge is 0.352 e. The summed E-state index contributed by atoms with van der Waals surface area (Å²) in [6, 6.07) is 0. The van der Waals surface area contributed by atoms with Crippen molar-refractivity contribution < 1.29 is 4.79 Å². The molecule has 1 rings (SSSR count). The van der Waals surface area contributed by atoms with Crippen molar-refractivity contribution in [1.29, 1.82) is 0 Å². The molecule has 0 aliphatic carbocycles. The molecule has 18 heavy (non-hydrogen) atoms. The van der Waals surface area contributed by atoms with Crippen LogP contribution in [0.2, 0.25) is 0 Å². The second-order valence-corrected chi connectivity index (χ2v) is 4.65. The lowest BCUT2D eigenvalue weighted by Gasteiger charge is -2.10. The molecule has 1 heterocycles. The number of aromatic nitrogens is 2. The van der Waals surface area contributed by atoms with Gasteiger partial charge in [-0.15, -0.1) is 11.8 Å². The number of rotatable bonds is 5. The van der Waals surface area contributed by atoms with Crippen molar-refractivity contribution in [3.63, 3.8) is 0 Å². The maximum absolute atomic E-state index is 12.1. The Balaban J connectivity index is 2.84. The lowest BCUT2D eigenvalue weighted by molar-refractivity contribution is 0.0949. The number of aryl methyl sites for hydroxylation is 2. The maximum Gasteiger partial charge on any atom is 0.255 e. The fraction of sp³-hybridized carbons (Fsp3) is 0.462. The number of nitrogens with one attached hydrogen (secondary N) is 1. The van der Waals surface area contributed by atoms with Gasteiger partial charge >= 0.3 is 0 Å². The van der Waals surface area contributed by atoms with Gasteiger partial charge in [-0.05, 0) is 33.4 Å². The van der Waals surface area contributed by atoms with Crippen LogP contribution in [0.4, 0.5) is 0 Å². The summed E-state index contributed by atoms with van der Waals surface area (Å²) in [6.07, 6.45) is 6.74. The first-order chi connectivity index (χ1) is 8.60. The van der Waals surface area contributed by atoms with Crippen LogP contribution in [0.25, 0.3) is 0 Å². The normalized spacial score (nSPS) is 10.9. The molecule has 5 heteroatoms. The average molecular weight is 265 g/mol. The Morgan fingerprint density at radius 1 is 1.39 bits per heavy atom. The lowest BCUT2D eigenvalue weighted by Crippen LogP contribution is -2.26. The third kappa shape index (κ3) is 3.84. The second-order valence-electron chi connectivity index (χ2n) is 3.85. The zero-order valence-electron chi connectivity index (χ0n) is 11.3. The van der Waals surface area contributed by atoms with Crippen LogP contribution in [-0.2, 0) is 0 Å². The molecule has 98 valence electrons. The Labute approximate surface area is 112 Å². The van der Waals surface area contributed by atoms with E-state index in [0.29, 0.717) is 17.9 Å². The molecule has 0 aromatic carbocycles. The minimum Gasteiger partial charge on any atom is -0.352 e. The van der Waals surface area contributed by atoms with Crippen molar-refractivity contribution in [2.45, 2.75) is 32.2 Å². The van der Waals surface area contributed by atoms with Gasteiger partial charge in [0.1, 0.15) is 10.9 Å². The minimum absolute atomic E-state index is 0.0960. The number of carbonyl (C=O) groups excluding carboxylic acids is 1. The number of hydrogen-bond donors (Lipinski definition) is 1. The van der Waals surface area contributed by atoms with Crippen molar-refractivity contribution in [3.05, 3.63) is 29.2 Å². The summed E-state index contributed by atoms with van der Waals surface area (Å²) in [5.41, 5.74) is 1.32. The smallest absolute Gasteiger partial charge is 0.255 e. The monoisotopic (exact) mass is 265 g/mol. The Kier molecular flexibility index (Phi) is 5.85. The zero-order valence-corrected chi connectivity index (χ0v) is 12.1. The van der Waals surface area contributed by atoms with Gasteiger partial charge in [0.05, 0.1) is 11.3 Å². The Morgan fingerprint density at radius 2 is 2.11 bits per heavy atom. The molecule has 1 amide bonds. The first-order valence-corrected chi connectivity index (χ1v) is 7.11. The number of hydrogen-bond acceptors (Lipinski definition) is 4. The minimum atomic E-state index is -0.0960. The standard InChI is InChI=1S/C13H19N3OS/c1-5-6-7-8-14-12(17)11-9(2)15-10(3)16-13(11)18-4/h5-6H,7-8H2,1-4H3,(H,14,17)/b6-5+. The topological polar surface area (TPSA) is 54.9 Å². The van der Waals surface area contributed by atoms with Gasteiger partial charge in [-0.2, -0.15) is 0 Å². The summed E-state index contributed by atoms with van der Waals surface area (Å²) in [5, 5.41) is 3.62. The van der Waals surface area contributed by atoms with E-state index >= 15 is 0 Å². The van der Waals surface area contributed by atoms with Gasteiger partial charge in [0, 0.05) is 6.54 Å². The molecular formula is C13H19N3OS. The van der Waals surface area contributed by atoms with E-state index in [2.05, 4.69) is 15.3 Å². The zero-order chi connectivity index (χ0) is 13.5. The number of allylic oxidation sites excluding steroid dienone is 1. The highest BCUT2D eigenvalue weighted by Crippen LogP contribution is 2.20. The van der Waals surface area contributed by atoms with E-state index in [-0.39, 0.29) is 5.91 Å². The van der Waals surface area contributed by atoms with Crippen molar-refractivity contribution in [1.82, 2.24) is 15.3 Å². The summed E-state index contributed by atoms with van der Waals surface area (Å²) < 4.78 is 0. The molecule has 0 unspecified atom stereocenters. The van der Waals surface area contributed by atoms with Gasteiger partial charge in [0.2, 0.25) is 0 Å². The molecular weight excluding hydrogens is 246 g/mol. The fourth-order valence-electron chi connectivity index (χ4n) is 1.61. The van der Waals surface area contributed by atoms with Gasteiger partial charge in [0.15, 0.2) is 0 Å². The van der Waals surface area contributed by atoms with Gasteiger partial charge in [-0.1, -0.05) is 12.2 Å². The number of nitrogens with zero attached hydrogens (tertiary/aromatic N) is 2. The molecule has 0 saturated heterocycles. The van der Waals surface area contributed by atoms with Gasteiger partial charge in [-0.3, -0.25) is 4.79 Å². The molecule has 0 aliphatic rings. The molecule has 0 fully saturated rings. The van der Waals surface area contributed by atoms with E-state index in [1.165, 1.54) is 11.8 Å². The van der Waals surface area contributed by atoms with E-state index in [0.717, 1.165) is 17.1 Å². The fourth-order valence-corrected chi connectivity index (χ4v) is 2.28. The van der Waals surface area contributed by atoms with Crippen LogP contribution in [0.5, 0.6) is 0 Å². The van der Waals surface area contributed by atoms with Crippen LogP contribution in [0.3, 0.4) is 0 Å². The summed E-state index contributed by atoms with van der Waals surface area (Å²) in [7, 11) is 0. The van der Waals surface area contributed by atoms with Gasteiger partial charge in [0.25, 0.3) is 5.91 Å². The van der Waals surface area contributed by atoms with Crippen molar-refractivity contribution in [2.24, 2.45) is 0 Å². The quantitative estimate of drug-likeness (QED) is 0.385. The lowest BCUT2D eigenvalue weighted by atomic mass is 10.2.